The van der Waals surface area contributed by atoms with Gasteiger partial charge in [-0.2, -0.15) is 0 Å². The number of methoxy groups -OCH3 is 1. The van der Waals surface area contributed by atoms with Crippen molar-refractivity contribution >= 4 is 0 Å². The van der Waals surface area contributed by atoms with Crippen molar-refractivity contribution in [3.05, 3.63) is 89.5 Å². The average molecular weight is 348 g/mol. The maximum absolute atomic E-state index is 6.09. The van der Waals surface area contributed by atoms with Crippen molar-refractivity contribution in [1.82, 2.24) is 0 Å². The van der Waals surface area contributed by atoms with Crippen LogP contribution in [0.3, 0.4) is 0 Å². The van der Waals surface area contributed by atoms with Crippen LogP contribution in [0.1, 0.15) is 23.6 Å². The van der Waals surface area contributed by atoms with Gasteiger partial charge < -0.3 is 14.2 Å². The molecule has 0 bridgehead atoms. The van der Waals surface area contributed by atoms with Crippen molar-refractivity contribution in [3.8, 4) is 17.2 Å². The van der Waals surface area contributed by atoms with Gasteiger partial charge in [-0.15, -0.1) is 0 Å². The van der Waals surface area contributed by atoms with Gasteiger partial charge in [0.15, 0.2) is 0 Å². The minimum atomic E-state index is 0.508. The van der Waals surface area contributed by atoms with Gasteiger partial charge in [-0.25, -0.2) is 0 Å². The molecule has 0 radical (unpaired) electrons. The van der Waals surface area contributed by atoms with E-state index in [0.29, 0.717) is 13.2 Å². The molecule has 0 aromatic heterocycles. The summed E-state index contributed by atoms with van der Waals surface area (Å²) in [5.41, 5.74) is 3.30. The van der Waals surface area contributed by atoms with Gasteiger partial charge in [0.2, 0.25) is 0 Å². The molecular weight excluding hydrogens is 324 g/mol. The SMILES string of the molecule is CCc1c(OC)cc(OCc2ccccc2)cc1OCc1ccccc1. The first-order valence-electron chi connectivity index (χ1n) is 8.84. The monoisotopic (exact) mass is 348 g/mol. The highest BCUT2D eigenvalue weighted by atomic mass is 16.5. The van der Waals surface area contributed by atoms with E-state index in [1.54, 1.807) is 7.11 Å². The highest BCUT2D eigenvalue weighted by Gasteiger charge is 2.13. The van der Waals surface area contributed by atoms with Gasteiger partial charge in [-0.05, 0) is 17.5 Å². The molecule has 0 saturated carbocycles. The standard InChI is InChI=1S/C23H24O3/c1-3-21-22(24-2)14-20(25-16-18-10-6-4-7-11-18)15-23(21)26-17-19-12-8-5-9-13-19/h4-15H,3,16-17H2,1-2H3. The maximum atomic E-state index is 6.09. The number of hydrogen-bond donors (Lipinski definition) is 0. The van der Waals surface area contributed by atoms with Gasteiger partial charge in [0.25, 0.3) is 0 Å². The fourth-order valence-corrected chi connectivity index (χ4v) is 2.81. The van der Waals surface area contributed by atoms with E-state index in [1.165, 1.54) is 0 Å². The molecule has 0 N–H and O–H groups in total. The zero-order chi connectivity index (χ0) is 18.2. The Hall–Kier alpha value is -2.94. The van der Waals surface area contributed by atoms with Gasteiger partial charge in [-0.3, -0.25) is 0 Å². The Kier molecular flexibility index (Phi) is 6.15. The minimum absolute atomic E-state index is 0.508. The molecule has 0 aliphatic rings. The van der Waals surface area contributed by atoms with Crippen LogP contribution in [0.5, 0.6) is 17.2 Å². The molecule has 3 rings (SSSR count). The average Bonchev–Trinajstić information content (AvgIpc) is 2.71. The Bertz CT molecular complexity index is 814. The minimum Gasteiger partial charge on any atom is -0.496 e. The molecule has 0 aliphatic heterocycles. The van der Waals surface area contributed by atoms with Crippen molar-refractivity contribution in [2.24, 2.45) is 0 Å². The number of rotatable bonds is 8. The van der Waals surface area contributed by atoms with Crippen LogP contribution in [-0.4, -0.2) is 7.11 Å². The maximum Gasteiger partial charge on any atom is 0.130 e. The van der Waals surface area contributed by atoms with Crippen molar-refractivity contribution in [1.29, 1.82) is 0 Å². The van der Waals surface area contributed by atoms with E-state index in [9.17, 15) is 0 Å². The Morgan fingerprint density at radius 1 is 0.692 bits per heavy atom. The van der Waals surface area contributed by atoms with Crippen molar-refractivity contribution < 1.29 is 14.2 Å². The van der Waals surface area contributed by atoms with E-state index in [2.05, 4.69) is 19.1 Å². The zero-order valence-corrected chi connectivity index (χ0v) is 15.3. The molecule has 0 amide bonds. The van der Waals surface area contributed by atoms with Crippen LogP contribution in [0.15, 0.2) is 72.8 Å². The summed E-state index contributed by atoms with van der Waals surface area (Å²) in [7, 11) is 1.68. The smallest absolute Gasteiger partial charge is 0.130 e. The Balaban J connectivity index is 1.79. The van der Waals surface area contributed by atoms with Crippen LogP contribution in [0, 0.1) is 0 Å². The quantitative estimate of drug-likeness (QED) is 0.544. The van der Waals surface area contributed by atoms with E-state index in [1.807, 2.05) is 60.7 Å². The topological polar surface area (TPSA) is 27.7 Å². The fourth-order valence-electron chi connectivity index (χ4n) is 2.81. The molecule has 0 unspecified atom stereocenters. The summed E-state index contributed by atoms with van der Waals surface area (Å²) >= 11 is 0. The van der Waals surface area contributed by atoms with Crippen molar-refractivity contribution in [2.75, 3.05) is 7.11 Å². The summed E-state index contributed by atoms with van der Waals surface area (Å²) in [6, 6.07) is 24.1. The third-order valence-electron chi connectivity index (χ3n) is 4.20. The predicted molar refractivity (Wildman–Crippen MR) is 104 cm³/mol. The lowest BCUT2D eigenvalue weighted by Crippen LogP contribution is -2.02. The number of ether oxygens (including phenoxy) is 3. The normalized spacial score (nSPS) is 10.4. The Morgan fingerprint density at radius 3 is 1.77 bits per heavy atom. The summed E-state index contributed by atoms with van der Waals surface area (Å²) in [6.07, 6.45) is 0.826. The molecule has 26 heavy (non-hydrogen) atoms. The highest BCUT2D eigenvalue weighted by Crippen LogP contribution is 2.35. The number of benzene rings is 3. The van der Waals surface area contributed by atoms with Crippen molar-refractivity contribution in [3.63, 3.8) is 0 Å². The van der Waals surface area contributed by atoms with Gasteiger partial charge in [0, 0.05) is 17.7 Å². The third kappa shape index (κ3) is 4.57. The number of hydrogen-bond acceptors (Lipinski definition) is 3. The first-order chi connectivity index (χ1) is 12.8. The lowest BCUT2D eigenvalue weighted by atomic mass is 10.1. The first-order valence-corrected chi connectivity index (χ1v) is 8.84. The van der Waals surface area contributed by atoms with Gasteiger partial charge in [0.05, 0.1) is 7.11 Å². The second-order valence-corrected chi connectivity index (χ2v) is 6.00. The molecule has 3 aromatic rings. The first kappa shape index (κ1) is 17.9. The van der Waals surface area contributed by atoms with Crippen LogP contribution in [-0.2, 0) is 19.6 Å². The molecule has 0 saturated heterocycles. The zero-order valence-electron chi connectivity index (χ0n) is 15.3. The Morgan fingerprint density at radius 2 is 1.23 bits per heavy atom. The van der Waals surface area contributed by atoms with Crippen LogP contribution in [0.2, 0.25) is 0 Å². The molecular formula is C23H24O3. The lowest BCUT2D eigenvalue weighted by molar-refractivity contribution is 0.283. The molecule has 0 atom stereocenters. The van der Waals surface area contributed by atoms with Crippen LogP contribution in [0.4, 0.5) is 0 Å². The lowest BCUT2D eigenvalue weighted by Gasteiger charge is -2.17. The summed E-state index contributed by atoms with van der Waals surface area (Å²) in [5.74, 6) is 2.34. The second-order valence-electron chi connectivity index (χ2n) is 6.00. The summed E-state index contributed by atoms with van der Waals surface area (Å²) in [6.45, 7) is 3.12. The molecule has 0 fully saturated rings. The molecule has 3 heteroatoms. The molecule has 0 spiro atoms. The van der Waals surface area contributed by atoms with Crippen LogP contribution < -0.4 is 14.2 Å². The summed E-state index contributed by atoms with van der Waals surface area (Å²) in [5, 5.41) is 0. The van der Waals surface area contributed by atoms with Crippen molar-refractivity contribution in [2.45, 2.75) is 26.6 Å². The van der Waals surface area contributed by atoms with Crippen LogP contribution >= 0.6 is 0 Å². The molecule has 0 heterocycles. The molecule has 3 nitrogen and oxygen atoms in total. The highest BCUT2D eigenvalue weighted by molar-refractivity contribution is 5.50. The molecule has 134 valence electrons. The fraction of sp³-hybridized carbons (Fsp3) is 0.217. The summed E-state index contributed by atoms with van der Waals surface area (Å²) < 4.78 is 17.6. The van der Waals surface area contributed by atoms with Gasteiger partial charge in [-0.1, -0.05) is 67.6 Å². The Labute approximate surface area is 155 Å². The van der Waals surface area contributed by atoms with E-state index < -0.39 is 0 Å². The van der Waals surface area contributed by atoms with Gasteiger partial charge >= 0.3 is 0 Å². The van der Waals surface area contributed by atoms with Crippen LogP contribution in [0.25, 0.3) is 0 Å². The van der Waals surface area contributed by atoms with E-state index in [4.69, 9.17) is 14.2 Å². The van der Waals surface area contributed by atoms with E-state index >= 15 is 0 Å². The molecule has 3 aromatic carbocycles. The van der Waals surface area contributed by atoms with E-state index in [0.717, 1.165) is 40.4 Å². The second kappa shape index (κ2) is 8.95. The third-order valence-corrected chi connectivity index (χ3v) is 4.20. The summed E-state index contributed by atoms with van der Waals surface area (Å²) in [4.78, 5) is 0. The van der Waals surface area contributed by atoms with E-state index in [-0.39, 0.29) is 0 Å². The predicted octanol–water partition coefficient (Wildman–Crippen LogP) is 5.42. The van der Waals surface area contributed by atoms with Gasteiger partial charge in [0.1, 0.15) is 30.5 Å². The largest absolute Gasteiger partial charge is 0.496 e. The molecule has 0 aliphatic carbocycles.